The lowest BCUT2D eigenvalue weighted by atomic mass is 10.0. The number of anilines is 1. The minimum absolute atomic E-state index is 0.361. The van der Waals surface area contributed by atoms with Gasteiger partial charge in [0.1, 0.15) is 19.5 Å². The Morgan fingerprint density at radius 2 is 2.00 bits per heavy atom. The van der Waals surface area contributed by atoms with E-state index in [0.717, 1.165) is 64.5 Å². The summed E-state index contributed by atoms with van der Waals surface area (Å²) >= 11 is 0. The fourth-order valence-corrected chi connectivity index (χ4v) is 3.80. The molecule has 2 aromatic rings. The first-order chi connectivity index (χ1) is 15.0. The number of ether oxygens (including phenoxy) is 1. The Balaban J connectivity index is 1.55. The highest BCUT2D eigenvalue weighted by atomic mass is 16.6. The highest BCUT2D eigenvalue weighted by Crippen LogP contribution is 2.43. The van der Waals surface area contributed by atoms with Crippen LogP contribution in [0.25, 0.3) is 0 Å². The van der Waals surface area contributed by atoms with E-state index in [0.29, 0.717) is 18.4 Å². The standard InChI is InChI=1S/C24H30N4O3/c1-15-13-18(23(27-30-3)17-9-10-17)11-12-22(15)31-14-20-19(16-7-8-16)5-4-6-21(20)26-24(29)28(2)25/h4-6,11-13,16-17H,7-10,14,25H2,1-3H3,(H,26,29). The first-order valence-electron chi connectivity index (χ1n) is 10.7. The van der Waals surface area contributed by atoms with Crippen molar-refractivity contribution in [3.8, 4) is 5.75 Å². The predicted octanol–water partition coefficient (Wildman–Crippen LogP) is 4.55. The summed E-state index contributed by atoms with van der Waals surface area (Å²) in [5.41, 5.74) is 6.10. The Kier molecular flexibility index (Phi) is 6.13. The van der Waals surface area contributed by atoms with Crippen LogP contribution in [0.4, 0.5) is 10.5 Å². The number of nitrogens with two attached hydrogens (primary N) is 1. The molecule has 0 radical (unpaired) electrons. The van der Waals surface area contributed by atoms with Gasteiger partial charge in [0, 0.05) is 29.8 Å². The topological polar surface area (TPSA) is 89.2 Å². The number of aryl methyl sites for hydroxylation is 1. The lowest BCUT2D eigenvalue weighted by Crippen LogP contribution is -2.37. The molecule has 3 N–H and O–H groups in total. The lowest BCUT2D eigenvalue weighted by Gasteiger charge is -2.19. The van der Waals surface area contributed by atoms with E-state index >= 15 is 0 Å². The van der Waals surface area contributed by atoms with Crippen LogP contribution in [0, 0.1) is 12.8 Å². The molecule has 4 rings (SSSR count). The van der Waals surface area contributed by atoms with E-state index in [1.807, 2.05) is 31.2 Å². The van der Waals surface area contributed by atoms with Gasteiger partial charge < -0.3 is 14.9 Å². The number of carbonyl (C=O) groups is 1. The van der Waals surface area contributed by atoms with Gasteiger partial charge in [-0.15, -0.1) is 0 Å². The molecular formula is C24H30N4O3. The van der Waals surface area contributed by atoms with Crippen LogP contribution in [-0.4, -0.2) is 30.9 Å². The second kappa shape index (κ2) is 8.98. The highest BCUT2D eigenvalue weighted by Gasteiger charge is 2.30. The zero-order chi connectivity index (χ0) is 22.0. The molecule has 0 spiro atoms. The number of nitrogens with one attached hydrogen (secondary N) is 1. The quantitative estimate of drug-likeness (QED) is 0.283. The molecule has 2 aliphatic rings. The van der Waals surface area contributed by atoms with E-state index in [2.05, 4.69) is 22.6 Å². The molecule has 0 saturated heterocycles. The lowest BCUT2D eigenvalue weighted by molar-refractivity contribution is 0.212. The smallest absolute Gasteiger partial charge is 0.335 e. The third kappa shape index (κ3) is 4.99. The summed E-state index contributed by atoms with van der Waals surface area (Å²) in [5.74, 6) is 7.42. The summed E-state index contributed by atoms with van der Waals surface area (Å²) in [6.45, 7) is 2.41. The molecule has 31 heavy (non-hydrogen) atoms. The first-order valence-corrected chi connectivity index (χ1v) is 10.7. The average Bonchev–Trinajstić information content (AvgIpc) is 3.64. The Hall–Kier alpha value is -3.06. The van der Waals surface area contributed by atoms with E-state index in [9.17, 15) is 4.79 Å². The Morgan fingerprint density at radius 1 is 1.23 bits per heavy atom. The van der Waals surface area contributed by atoms with Crippen LogP contribution in [-0.2, 0) is 11.4 Å². The van der Waals surface area contributed by atoms with Crippen molar-refractivity contribution in [3.63, 3.8) is 0 Å². The van der Waals surface area contributed by atoms with Crippen molar-refractivity contribution >= 4 is 17.4 Å². The molecule has 0 atom stereocenters. The van der Waals surface area contributed by atoms with Crippen molar-refractivity contribution in [1.29, 1.82) is 0 Å². The number of carbonyl (C=O) groups excluding carboxylic acids is 1. The van der Waals surface area contributed by atoms with Crippen molar-refractivity contribution in [2.45, 2.75) is 45.1 Å². The van der Waals surface area contributed by atoms with Gasteiger partial charge in [0.15, 0.2) is 0 Å². The monoisotopic (exact) mass is 422 g/mol. The van der Waals surface area contributed by atoms with Gasteiger partial charge in [-0.3, -0.25) is 5.01 Å². The highest BCUT2D eigenvalue weighted by molar-refractivity contribution is 6.03. The number of nitrogens with zero attached hydrogens (tertiary/aromatic N) is 2. The number of urea groups is 1. The molecule has 2 aromatic carbocycles. The van der Waals surface area contributed by atoms with Crippen LogP contribution >= 0.6 is 0 Å². The number of hydrogen-bond donors (Lipinski definition) is 2. The Labute approximate surface area is 183 Å². The minimum Gasteiger partial charge on any atom is -0.489 e. The van der Waals surface area contributed by atoms with Crippen LogP contribution in [0.5, 0.6) is 5.75 Å². The zero-order valence-electron chi connectivity index (χ0n) is 18.4. The number of benzene rings is 2. The van der Waals surface area contributed by atoms with Gasteiger partial charge in [0.2, 0.25) is 0 Å². The zero-order valence-corrected chi connectivity index (χ0v) is 18.4. The van der Waals surface area contributed by atoms with Gasteiger partial charge in [-0.05, 0) is 73.9 Å². The number of hydrazine groups is 1. The molecule has 0 aromatic heterocycles. The molecule has 0 unspecified atom stereocenters. The van der Waals surface area contributed by atoms with Gasteiger partial charge >= 0.3 is 6.03 Å². The number of amides is 2. The maximum absolute atomic E-state index is 12.1. The predicted molar refractivity (Wildman–Crippen MR) is 121 cm³/mol. The fourth-order valence-electron chi connectivity index (χ4n) is 3.80. The van der Waals surface area contributed by atoms with Crippen molar-refractivity contribution in [2.24, 2.45) is 16.9 Å². The summed E-state index contributed by atoms with van der Waals surface area (Å²) in [6, 6.07) is 11.8. The molecule has 0 heterocycles. The van der Waals surface area contributed by atoms with Crippen molar-refractivity contribution < 1.29 is 14.4 Å². The SMILES string of the molecule is CON=C(c1ccc(OCc2c(NC(=O)N(C)N)cccc2C2CC2)c(C)c1)C1CC1. The molecule has 0 aliphatic heterocycles. The maximum atomic E-state index is 12.1. The van der Waals surface area contributed by atoms with Crippen LogP contribution in [0.15, 0.2) is 41.6 Å². The second-order valence-corrected chi connectivity index (χ2v) is 8.39. The Morgan fingerprint density at radius 3 is 2.61 bits per heavy atom. The van der Waals surface area contributed by atoms with E-state index in [1.165, 1.54) is 12.6 Å². The van der Waals surface area contributed by atoms with E-state index in [1.54, 1.807) is 7.11 Å². The summed E-state index contributed by atoms with van der Waals surface area (Å²) in [5, 5.41) is 8.17. The molecular weight excluding hydrogens is 392 g/mol. The molecule has 7 heteroatoms. The molecule has 2 fully saturated rings. The molecule has 2 aliphatic carbocycles. The van der Waals surface area contributed by atoms with Gasteiger partial charge in [-0.25, -0.2) is 10.6 Å². The third-order valence-electron chi connectivity index (χ3n) is 5.79. The van der Waals surface area contributed by atoms with Gasteiger partial charge in [-0.1, -0.05) is 17.3 Å². The molecule has 7 nitrogen and oxygen atoms in total. The Bertz CT molecular complexity index is 994. The number of rotatable bonds is 8. The molecule has 2 saturated carbocycles. The maximum Gasteiger partial charge on any atom is 0.335 e. The third-order valence-corrected chi connectivity index (χ3v) is 5.79. The second-order valence-electron chi connectivity index (χ2n) is 8.39. The summed E-state index contributed by atoms with van der Waals surface area (Å²) in [7, 11) is 3.10. The normalized spacial score (nSPS) is 16.1. The molecule has 164 valence electrons. The van der Waals surface area contributed by atoms with E-state index < -0.39 is 0 Å². The minimum atomic E-state index is -0.361. The summed E-state index contributed by atoms with van der Waals surface area (Å²) in [6.07, 6.45) is 4.64. The van der Waals surface area contributed by atoms with Crippen LogP contribution < -0.4 is 15.9 Å². The molecule has 2 amide bonds. The van der Waals surface area contributed by atoms with Crippen LogP contribution in [0.1, 0.15) is 53.9 Å². The van der Waals surface area contributed by atoms with Crippen LogP contribution in [0.3, 0.4) is 0 Å². The first kappa shape index (κ1) is 21.2. The average molecular weight is 423 g/mol. The summed E-state index contributed by atoms with van der Waals surface area (Å²) in [4.78, 5) is 17.2. The summed E-state index contributed by atoms with van der Waals surface area (Å²) < 4.78 is 6.23. The van der Waals surface area contributed by atoms with Gasteiger partial charge in [0.05, 0.1) is 5.71 Å². The van der Waals surface area contributed by atoms with E-state index in [4.69, 9.17) is 15.4 Å². The van der Waals surface area contributed by atoms with Gasteiger partial charge in [-0.2, -0.15) is 0 Å². The molecule has 0 bridgehead atoms. The van der Waals surface area contributed by atoms with Crippen molar-refractivity contribution in [2.75, 3.05) is 19.5 Å². The largest absolute Gasteiger partial charge is 0.489 e. The van der Waals surface area contributed by atoms with Crippen LogP contribution in [0.2, 0.25) is 0 Å². The van der Waals surface area contributed by atoms with Crippen molar-refractivity contribution in [1.82, 2.24) is 5.01 Å². The number of oxime groups is 1. The van der Waals surface area contributed by atoms with Crippen molar-refractivity contribution in [3.05, 3.63) is 58.7 Å². The van der Waals surface area contributed by atoms with E-state index in [-0.39, 0.29) is 6.03 Å². The number of hydrogen-bond acceptors (Lipinski definition) is 5. The fraction of sp³-hybridized carbons (Fsp3) is 0.417. The van der Waals surface area contributed by atoms with Gasteiger partial charge in [0.25, 0.3) is 0 Å².